The SMILES string of the molecule is [CH2]CCc1cc(-c2ccc(C(C)(C)C)cc2)cc(-c2ccc(C(C)(C)C)cc2)c1. The zero-order chi connectivity index (χ0) is 21.2. The maximum absolute atomic E-state index is 4.06. The first-order valence-corrected chi connectivity index (χ1v) is 10.7. The highest BCUT2D eigenvalue weighted by molar-refractivity contribution is 5.74. The topological polar surface area (TPSA) is 0 Å². The first-order valence-electron chi connectivity index (χ1n) is 10.7. The van der Waals surface area contributed by atoms with Crippen LogP contribution >= 0.6 is 0 Å². The van der Waals surface area contributed by atoms with Crippen LogP contribution in [0.4, 0.5) is 0 Å². The van der Waals surface area contributed by atoms with Gasteiger partial charge in [0.2, 0.25) is 0 Å². The van der Waals surface area contributed by atoms with Crippen LogP contribution < -0.4 is 0 Å². The molecule has 0 spiro atoms. The fourth-order valence-electron chi connectivity index (χ4n) is 3.70. The van der Waals surface area contributed by atoms with Gasteiger partial charge in [-0.25, -0.2) is 0 Å². The van der Waals surface area contributed by atoms with E-state index in [4.69, 9.17) is 0 Å². The van der Waals surface area contributed by atoms with E-state index in [0.717, 1.165) is 12.8 Å². The molecule has 0 bridgehead atoms. The Balaban J connectivity index is 2.02. The summed E-state index contributed by atoms with van der Waals surface area (Å²) in [5.41, 5.74) is 9.56. The van der Waals surface area contributed by atoms with Crippen LogP contribution in [-0.2, 0) is 17.3 Å². The molecule has 0 atom stereocenters. The number of benzene rings is 3. The van der Waals surface area contributed by atoms with Gasteiger partial charge in [-0.05, 0) is 68.7 Å². The first kappa shape index (κ1) is 21.4. The van der Waals surface area contributed by atoms with E-state index in [2.05, 4.69) is 115 Å². The third kappa shape index (κ3) is 5.18. The minimum Gasteiger partial charge on any atom is -0.0579 e. The Kier molecular flexibility index (Phi) is 6.03. The van der Waals surface area contributed by atoms with Gasteiger partial charge in [0.1, 0.15) is 0 Å². The number of rotatable bonds is 4. The lowest BCUT2D eigenvalue weighted by Crippen LogP contribution is -2.10. The summed E-state index contributed by atoms with van der Waals surface area (Å²) in [6.45, 7) is 17.6. The molecule has 0 saturated heterocycles. The largest absolute Gasteiger partial charge is 0.0579 e. The smallest absolute Gasteiger partial charge is 0.0132 e. The van der Waals surface area contributed by atoms with Gasteiger partial charge in [-0.2, -0.15) is 0 Å². The highest BCUT2D eigenvalue weighted by Crippen LogP contribution is 2.32. The van der Waals surface area contributed by atoms with Gasteiger partial charge in [-0.3, -0.25) is 0 Å². The maximum Gasteiger partial charge on any atom is -0.0132 e. The fourth-order valence-corrected chi connectivity index (χ4v) is 3.70. The van der Waals surface area contributed by atoms with Crippen LogP contribution in [-0.4, -0.2) is 0 Å². The third-order valence-corrected chi connectivity index (χ3v) is 5.63. The lowest BCUT2D eigenvalue weighted by atomic mass is 9.85. The van der Waals surface area contributed by atoms with E-state index in [0.29, 0.717) is 0 Å². The van der Waals surface area contributed by atoms with Gasteiger partial charge in [-0.1, -0.05) is 109 Å². The molecule has 3 aromatic rings. The fraction of sp³-hybridized carbons (Fsp3) is 0.345. The van der Waals surface area contributed by atoms with Crippen molar-refractivity contribution in [1.29, 1.82) is 0 Å². The average molecular weight is 384 g/mol. The van der Waals surface area contributed by atoms with E-state index < -0.39 is 0 Å². The standard InChI is InChI=1S/C29H35/c1-8-9-21-18-24(22-10-14-26(15-11-22)28(2,3)4)20-25(19-21)23-12-16-27(17-13-23)29(5,6)7/h10-20H,1,8-9H2,2-7H3. The quantitative estimate of drug-likeness (QED) is 0.424. The summed E-state index contributed by atoms with van der Waals surface area (Å²) < 4.78 is 0. The summed E-state index contributed by atoms with van der Waals surface area (Å²) in [6.07, 6.45) is 1.91. The molecule has 0 fully saturated rings. The van der Waals surface area contributed by atoms with Crippen molar-refractivity contribution in [3.63, 3.8) is 0 Å². The van der Waals surface area contributed by atoms with Gasteiger partial charge in [0, 0.05) is 0 Å². The minimum absolute atomic E-state index is 0.175. The predicted molar refractivity (Wildman–Crippen MR) is 128 cm³/mol. The van der Waals surface area contributed by atoms with E-state index >= 15 is 0 Å². The lowest BCUT2D eigenvalue weighted by Gasteiger charge is -2.20. The summed E-state index contributed by atoms with van der Waals surface area (Å²) in [7, 11) is 0. The van der Waals surface area contributed by atoms with Crippen LogP contribution in [0.1, 0.15) is 64.7 Å². The van der Waals surface area contributed by atoms with E-state index in [1.165, 1.54) is 38.9 Å². The molecular formula is C29H35. The van der Waals surface area contributed by atoms with Gasteiger partial charge in [-0.15, -0.1) is 0 Å². The van der Waals surface area contributed by atoms with Crippen LogP contribution in [0, 0.1) is 6.92 Å². The van der Waals surface area contributed by atoms with Gasteiger partial charge in [0.25, 0.3) is 0 Å². The molecule has 0 aliphatic carbocycles. The zero-order valence-electron chi connectivity index (χ0n) is 19.0. The van der Waals surface area contributed by atoms with E-state index in [1.807, 2.05) is 0 Å². The second-order valence-corrected chi connectivity index (χ2v) is 10.2. The summed E-state index contributed by atoms with van der Waals surface area (Å²) in [4.78, 5) is 0. The third-order valence-electron chi connectivity index (χ3n) is 5.63. The molecule has 0 saturated carbocycles. The van der Waals surface area contributed by atoms with Crippen molar-refractivity contribution >= 4 is 0 Å². The summed E-state index contributed by atoms with van der Waals surface area (Å²) in [5, 5.41) is 0. The Bertz CT molecular complexity index is 867. The molecule has 0 heteroatoms. The van der Waals surface area contributed by atoms with Gasteiger partial charge < -0.3 is 0 Å². The average Bonchev–Trinajstić information content (AvgIpc) is 2.67. The summed E-state index contributed by atoms with van der Waals surface area (Å²) >= 11 is 0. The van der Waals surface area contributed by atoms with Crippen LogP contribution in [0.5, 0.6) is 0 Å². The number of aryl methyl sites for hydroxylation is 1. The molecule has 0 heterocycles. The maximum atomic E-state index is 4.06. The monoisotopic (exact) mass is 383 g/mol. The van der Waals surface area contributed by atoms with Crippen molar-refractivity contribution in [3.8, 4) is 22.3 Å². The number of hydrogen-bond donors (Lipinski definition) is 0. The van der Waals surface area contributed by atoms with Crippen molar-refractivity contribution in [2.45, 2.75) is 65.2 Å². The van der Waals surface area contributed by atoms with Crippen molar-refractivity contribution in [2.24, 2.45) is 0 Å². The molecule has 0 unspecified atom stereocenters. The van der Waals surface area contributed by atoms with Crippen molar-refractivity contribution in [3.05, 3.63) is 90.3 Å². The molecule has 0 nitrogen and oxygen atoms in total. The molecule has 151 valence electrons. The molecule has 0 amide bonds. The van der Waals surface area contributed by atoms with Gasteiger partial charge in [0.15, 0.2) is 0 Å². The second kappa shape index (κ2) is 8.19. The van der Waals surface area contributed by atoms with Crippen molar-refractivity contribution < 1.29 is 0 Å². The molecule has 0 N–H and O–H groups in total. The molecule has 3 rings (SSSR count). The zero-order valence-corrected chi connectivity index (χ0v) is 19.0. The molecule has 0 aliphatic rings. The minimum atomic E-state index is 0.175. The van der Waals surface area contributed by atoms with Crippen LogP contribution in [0.15, 0.2) is 66.7 Å². The van der Waals surface area contributed by atoms with E-state index in [1.54, 1.807) is 0 Å². The lowest BCUT2D eigenvalue weighted by molar-refractivity contribution is 0.590. The number of hydrogen-bond acceptors (Lipinski definition) is 0. The first-order chi connectivity index (χ1) is 13.6. The van der Waals surface area contributed by atoms with Crippen LogP contribution in [0.2, 0.25) is 0 Å². The Morgan fingerprint density at radius 1 is 0.552 bits per heavy atom. The highest BCUT2D eigenvalue weighted by Gasteiger charge is 2.15. The summed E-state index contributed by atoms with van der Waals surface area (Å²) in [5.74, 6) is 0. The van der Waals surface area contributed by atoms with Crippen molar-refractivity contribution in [2.75, 3.05) is 0 Å². The van der Waals surface area contributed by atoms with Gasteiger partial charge >= 0.3 is 0 Å². The predicted octanol–water partition coefficient (Wildman–Crippen LogP) is 8.38. The molecule has 1 radical (unpaired) electrons. The molecule has 3 aromatic carbocycles. The Morgan fingerprint density at radius 2 is 0.931 bits per heavy atom. The summed E-state index contributed by atoms with van der Waals surface area (Å²) in [6, 6.07) is 25.1. The van der Waals surface area contributed by atoms with Crippen LogP contribution in [0.25, 0.3) is 22.3 Å². The van der Waals surface area contributed by atoms with E-state index in [-0.39, 0.29) is 10.8 Å². The van der Waals surface area contributed by atoms with E-state index in [9.17, 15) is 0 Å². The van der Waals surface area contributed by atoms with Crippen LogP contribution in [0.3, 0.4) is 0 Å². The molecule has 0 aromatic heterocycles. The van der Waals surface area contributed by atoms with Gasteiger partial charge in [0.05, 0.1) is 0 Å². The Labute approximate surface area is 178 Å². The molecule has 29 heavy (non-hydrogen) atoms. The molecular weight excluding hydrogens is 348 g/mol. The van der Waals surface area contributed by atoms with Crippen molar-refractivity contribution in [1.82, 2.24) is 0 Å². The Hall–Kier alpha value is -2.34. The normalized spacial score (nSPS) is 12.2. The highest BCUT2D eigenvalue weighted by atomic mass is 14.2. The Morgan fingerprint density at radius 3 is 1.24 bits per heavy atom. The second-order valence-electron chi connectivity index (χ2n) is 10.2. The molecule has 0 aliphatic heterocycles.